The maximum Gasteiger partial charge on any atom is 0.307 e. The van der Waals surface area contributed by atoms with Gasteiger partial charge in [-0.3, -0.25) is 9.59 Å². The maximum atomic E-state index is 11.9. The summed E-state index contributed by atoms with van der Waals surface area (Å²) in [6.07, 6.45) is 0.157. The summed E-state index contributed by atoms with van der Waals surface area (Å²) >= 11 is 2.62. The van der Waals surface area contributed by atoms with E-state index in [2.05, 4.69) is 4.98 Å². The Morgan fingerprint density at radius 2 is 2.12 bits per heavy atom. The van der Waals surface area contributed by atoms with Crippen molar-refractivity contribution in [2.75, 3.05) is 7.11 Å². The number of esters is 1. The molecule has 26 heavy (non-hydrogen) atoms. The fraction of sp³-hybridized carbons (Fsp3) is 0.278. The number of aromatic nitrogens is 2. The van der Waals surface area contributed by atoms with E-state index in [0.717, 1.165) is 33.4 Å². The average Bonchev–Trinajstić information content (AvgIpc) is 3.25. The highest BCUT2D eigenvalue weighted by molar-refractivity contribution is 7.13. The molecule has 136 valence electrons. The number of thiazole rings is 2. The lowest BCUT2D eigenvalue weighted by Crippen LogP contribution is -2.17. The summed E-state index contributed by atoms with van der Waals surface area (Å²) in [6.45, 7) is 2.30. The van der Waals surface area contributed by atoms with Crippen LogP contribution < -0.4 is 9.61 Å². The molecule has 0 fully saturated rings. The molecule has 0 radical (unpaired) electrons. The summed E-state index contributed by atoms with van der Waals surface area (Å²) in [4.78, 5) is 28.0. The Morgan fingerprint density at radius 3 is 2.85 bits per heavy atom. The molecular formula is C18H18N2O4S2. The zero-order chi connectivity index (χ0) is 18.5. The molecule has 0 bridgehead atoms. The van der Waals surface area contributed by atoms with Crippen LogP contribution in [-0.4, -0.2) is 22.6 Å². The van der Waals surface area contributed by atoms with Crippen LogP contribution in [0.5, 0.6) is 5.75 Å². The number of carbonyl (C=O) groups is 1. The van der Waals surface area contributed by atoms with E-state index in [-0.39, 0.29) is 23.9 Å². The fourth-order valence-electron chi connectivity index (χ4n) is 2.37. The smallest absolute Gasteiger partial charge is 0.307 e. The normalized spacial score (nSPS) is 10.7. The molecule has 2 heterocycles. The molecule has 0 aliphatic rings. The summed E-state index contributed by atoms with van der Waals surface area (Å²) < 4.78 is 12.1. The molecule has 0 aliphatic carbocycles. The Hall–Kier alpha value is -2.45. The van der Waals surface area contributed by atoms with Crippen LogP contribution in [0.4, 0.5) is 0 Å². The molecule has 3 aromatic rings. The molecule has 0 N–H and O–H groups in total. The van der Waals surface area contributed by atoms with E-state index in [9.17, 15) is 9.59 Å². The van der Waals surface area contributed by atoms with Gasteiger partial charge in [-0.1, -0.05) is 23.5 Å². The van der Waals surface area contributed by atoms with Crippen molar-refractivity contribution in [3.63, 3.8) is 0 Å². The van der Waals surface area contributed by atoms with Gasteiger partial charge in [-0.25, -0.2) is 4.98 Å². The van der Waals surface area contributed by atoms with Crippen LogP contribution in [0.1, 0.15) is 17.8 Å². The first-order chi connectivity index (χ1) is 12.6. The minimum absolute atomic E-state index is 0.0577. The second-order valence-electron chi connectivity index (χ2n) is 5.58. The van der Waals surface area contributed by atoms with E-state index in [1.807, 2.05) is 36.6 Å². The van der Waals surface area contributed by atoms with Crippen molar-refractivity contribution in [1.29, 1.82) is 0 Å². The van der Waals surface area contributed by atoms with Gasteiger partial charge < -0.3 is 14.0 Å². The molecular weight excluding hydrogens is 372 g/mol. The number of ether oxygens (including phenoxy) is 2. The summed E-state index contributed by atoms with van der Waals surface area (Å²) in [5.41, 5.74) is 2.51. The zero-order valence-corrected chi connectivity index (χ0v) is 16.1. The minimum atomic E-state index is -0.349. The Kier molecular flexibility index (Phi) is 5.85. The lowest BCUT2D eigenvalue weighted by molar-refractivity contribution is -0.145. The first-order valence-corrected chi connectivity index (χ1v) is 9.72. The number of hydrogen-bond donors (Lipinski definition) is 0. The maximum absolute atomic E-state index is 11.9. The predicted octanol–water partition coefficient (Wildman–Crippen LogP) is 3.48. The van der Waals surface area contributed by atoms with Crippen LogP contribution in [-0.2, 0) is 22.7 Å². The van der Waals surface area contributed by atoms with E-state index in [1.54, 1.807) is 17.1 Å². The number of carbonyl (C=O) groups excluding carboxylic acids is 1. The predicted molar refractivity (Wildman–Crippen MR) is 102 cm³/mol. The van der Waals surface area contributed by atoms with E-state index in [4.69, 9.17) is 9.47 Å². The topological polar surface area (TPSA) is 70.4 Å². The van der Waals surface area contributed by atoms with Gasteiger partial charge in [0.05, 0.1) is 19.2 Å². The first kappa shape index (κ1) is 18.3. The number of benzene rings is 1. The zero-order valence-electron chi connectivity index (χ0n) is 14.4. The molecule has 3 rings (SSSR count). The molecule has 0 saturated heterocycles. The van der Waals surface area contributed by atoms with Crippen molar-refractivity contribution in [2.24, 2.45) is 0 Å². The van der Waals surface area contributed by atoms with Gasteiger partial charge in [-0.05, 0) is 19.1 Å². The standard InChI is InChI=1S/C18H18N2O4S2/c1-12-10-26-18(22)20(12)7-6-16(21)24-9-14-11-25-17(19-14)13-4-3-5-15(8-13)23-2/h3-5,8,10-11H,6-7,9H2,1-2H3. The third-order valence-corrected chi connectivity index (χ3v) is 5.59. The Bertz CT molecular complexity index is 958. The Labute approximate surface area is 158 Å². The SMILES string of the molecule is COc1cccc(-c2nc(COC(=O)CCn3c(C)csc3=O)cs2)c1. The van der Waals surface area contributed by atoms with Gasteiger partial charge in [-0.2, -0.15) is 0 Å². The van der Waals surface area contributed by atoms with Gasteiger partial charge in [-0.15, -0.1) is 11.3 Å². The van der Waals surface area contributed by atoms with Crippen molar-refractivity contribution >= 4 is 28.6 Å². The molecule has 0 unspecified atom stereocenters. The number of aryl methyl sites for hydroxylation is 1. The number of rotatable bonds is 7. The largest absolute Gasteiger partial charge is 0.497 e. The second kappa shape index (κ2) is 8.29. The highest BCUT2D eigenvalue weighted by Gasteiger charge is 2.10. The van der Waals surface area contributed by atoms with Crippen LogP contribution >= 0.6 is 22.7 Å². The van der Waals surface area contributed by atoms with Crippen molar-refractivity contribution in [3.05, 3.63) is 56.1 Å². The second-order valence-corrected chi connectivity index (χ2v) is 7.26. The van der Waals surface area contributed by atoms with E-state index in [0.29, 0.717) is 12.2 Å². The van der Waals surface area contributed by atoms with Crippen LogP contribution in [0.2, 0.25) is 0 Å². The highest BCUT2D eigenvalue weighted by Crippen LogP contribution is 2.27. The summed E-state index contributed by atoms with van der Waals surface area (Å²) in [7, 11) is 1.62. The molecule has 0 atom stereocenters. The van der Waals surface area contributed by atoms with E-state index >= 15 is 0 Å². The molecule has 1 aromatic carbocycles. The summed E-state index contributed by atoms with van der Waals surface area (Å²) in [5.74, 6) is 0.420. The quantitative estimate of drug-likeness (QED) is 0.578. The Balaban J connectivity index is 1.54. The number of nitrogens with zero attached hydrogens (tertiary/aromatic N) is 2. The molecule has 0 amide bonds. The minimum Gasteiger partial charge on any atom is -0.497 e. The molecule has 0 aliphatic heterocycles. The molecule has 0 spiro atoms. The molecule has 2 aromatic heterocycles. The van der Waals surface area contributed by atoms with Crippen LogP contribution in [0.15, 0.2) is 39.8 Å². The van der Waals surface area contributed by atoms with Crippen molar-refractivity contribution in [3.8, 4) is 16.3 Å². The van der Waals surface area contributed by atoms with Crippen molar-refractivity contribution in [2.45, 2.75) is 26.5 Å². The monoisotopic (exact) mass is 390 g/mol. The lowest BCUT2D eigenvalue weighted by Gasteiger charge is -2.05. The van der Waals surface area contributed by atoms with Crippen molar-refractivity contribution < 1.29 is 14.3 Å². The van der Waals surface area contributed by atoms with Gasteiger partial charge in [0.2, 0.25) is 0 Å². The lowest BCUT2D eigenvalue weighted by atomic mass is 10.2. The fourth-order valence-corrected chi connectivity index (χ4v) is 3.93. The van der Waals surface area contributed by atoms with E-state index in [1.165, 1.54) is 11.3 Å². The average molecular weight is 390 g/mol. The van der Waals surface area contributed by atoms with Gasteiger partial charge >= 0.3 is 10.8 Å². The molecule has 0 saturated carbocycles. The van der Waals surface area contributed by atoms with E-state index < -0.39 is 0 Å². The highest BCUT2D eigenvalue weighted by atomic mass is 32.1. The van der Waals surface area contributed by atoms with Gasteiger partial charge in [0, 0.05) is 28.6 Å². The first-order valence-electron chi connectivity index (χ1n) is 7.96. The molecule has 6 nitrogen and oxygen atoms in total. The van der Waals surface area contributed by atoms with Gasteiger partial charge in [0.1, 0.15) is 17.4 Å². The molecule has 8 heteroatoms. The number of hydrogen-bond acceptors (Lipinski definition) is 7. The van der Waals surface area contributed by atoms with Gasteiger partial charge in [0.25, 0.3) is 0 Å². The Morgan fingerprint density at radius 1 is 1.27 bits per heavy atom. The van der Waals surface area contributed by atoms with Crippen molar-refractivity contribution in [1.82, 2.24) is 9.55 Å². The third-order valence-electron chi connectivity index (χ3n) is 3.77. The van der Waals surface area contributed by atoms with Gasteiger partial charge in [0.15, 0.2) is 0 Å². The summed E-state index contributed by atoms with van der Waals surface area (Å²) in [5, 5.41) is 4.49. The number of methoxy groups -OCH3 is 1. The van der Waals surface area contributed by atoms with Crippen LogP contribution in [0, 0.1) is 6.92 Å². The van der Waals surface area contributed by atoms with Crippen LogP contribution in [0.3, 0.4) is 0 Å². The van der Waals surface area contributed by atoms with Crippen LogP contribution in [0.25, 0.3) is 10.6 Å². The summed E-state index contributed by atoms with van der Waals surface area (Å²) in [6, 6.07) is 7.65. The third kappa shape index (κ3) is 4.39.